The van der Waals surface area contributed by atoms with Crippen LogP contribution in [0.25, 0.3) is 0 Å². The summed E-state index contributed by atoms with van der Waals surface area (Å²) in [6.07, 6.45) is 0. The quantitative estimate of drug-likeness (QED) is 0.640. The Balaban J connectivity index is 3.02. The normalized spacial score (nSPS) is 12.0. The fourth-order valence-electron chi connectivity index (χ4n) is 0. The van der Waals surface area contributed by atoms with Crippen molar-refractivity contribution in [3.8, 4) is 0 Å². The van der Waals surface area contributed by atoms with Gasteiger partial charge in [-0.3, -0.25) is 0 Å². The van der Waals surface area contributed by atoms with Crippen LogP contribution in [-0.4, -0.2) is 0 Å². The SMILES string of the molecule is [Cl][La]([Cl])([Cl])[Cl]. The molecule has 0 aromatic carbocycles. The van der Waals surface area contributed by atoms with Crippen LogP contribution in [0.1, 0.15) is 0 Å². The molecule has 0 nitrogen and oxygen atoms in total. The average Bonchev–Trinajstić information content (AvgIpc) is 0.722. The van der Waals surface area contributed by atoms with Crippen molar-refractivity contribution in [1.29, 1.82) is 0 Å². The molecule has 0 unspecified atom stereocenters. The summed E-state index contributed by atoms with van der Waals surface area (Å²) in [5.74, 6) is 0. The molecule has 0 atom stereocenters. The Hall–Kier alpha value is 2.35. The van der Waals surface area contributed by atoms with Crippen LogP contribution >= 0.6 is 27.2 Å². The number of halogens is 4. The van der Waals surface area contributed by atoms with E-state index in [9.17, 15) is 0 Å². The Labute approximate surface area is 48.4 Å². The van der Waals surface area contributed by atoms with Gasteiger partial charge in [-0.05, 0) is 0 Å². The molecule has 0 radical (unpaired) electrons. The van der Waals surface area contributed by atoms with Gasteiger partial charge in [-0.1, -0.05) is 0 Å². The fraction of sp³-hybridized carbons (Fsp3) is 0. The van der Waals surface area contributed by atoms with E-state index >= 15 is 0 Å². The molecule has 5 heteroatoms. The monoisotopic (exact) mass is 279 g/mol. The van der Waals surface area contributed by atoms with Crippen LogP contribution < -0.4 is 0 Å². The van der Waals surface area contributed by atoms with Crippen LogP contribution in [0.3, 0.4) is 0 Å². The third-order valence-electron chi connectivity index (χ3n) is 0. The van der Waals surface area contributed by atoms with Crippen molar-refractivity contribution in [3.63, 3.8) is 0 Å². The maximum atomic E-state index is 5.06. The fourth-order valence-corrected chi connectivity index (χ4v) is 0. The third kappa shape index (κ3) is 21.7. The third-order valence-corrected chi connectivity index (χ3v) is 0. The molecule has 0 saturated heterocycles. The second-order valence-corrected chi connectivity index (χ2v) is 32.4. The van der Waals surface area contributed by atoms with E-state index in [1.54, 1.807) is 0 Å². The predicted octanol–water partition coefficient (Wildman–Crippen LogP) is 2.76. The molecule has 0 aromatic heterocycles. The van der Waals surface area contributed by atoms with Gasteiger partial charge in [0.1, 0.15) is 0 Å². The molecule has 0 aliphatic rings. The van der Waals surface area contributed by atoms with Crippen molar-refractivity contribution in [1.82, 2.24) is 0 Å². The molecule has 0 fully saturated rings. The zero-order valence-corrected chi connectivity index (χ0v) is 8.74. The molecular weight excluding hydrogens is 281 g/mol. The molecule has 0 saturated carbocycles. The topological polar surface area (TPSA) is 0 Å². The van der Waals surface area contributed by atoms with Crippen molar-refractivity contribution in [3.05, 3.63) is 0 Å². The zero-order chi connectivity index (χ0) is 4.50. The molecule has 0 aliphatic carbocycles. The summed E-state index contributed by atoms with van der Waals surface area (Å²) in [7, 11) is 0. The minimum absolute atomic E-state index is 3.44. The number of hydrogen-bond donors (Lipinski definition) is 0. The van der Waals surface area contributed by atoms with Crippen molar-refractivity contribution in [2.24, 2.45) is 0 Å². The van der Waals surface area contributed by atoms with Crippen LogP contribution in [-0.2, 0) is 0 Å². The molecule has 0 aromatic rings. The van der Waals surface area contributed by atoms with E-state index in [0.29, 0.717) is 0 Å². The van der Waals surface area contributed by atoms with E-state index in [0.717, 1.165) is 0 Å². The van der Waals surface area contributed by atoms with E-state index in [1.807, 2.05) is 0 Å². The van der Waals surface area contributed by atoms with Crippen molar-refractivity contribution in [2.45, 2.75) is 0 Å². The standard InChI is InChI=1S/4ClH.La/h4*1H;/q;;;;+4/p-4. The van der Waals surface area contributed by atoms with Crippen molar-refractivity contribution >= 4 is 27.2 Å². The second kappa shape index (κ2) is 2.61. The van der Waals surface area contributed by atoms with Crippen LogP contribution in [0, 0.1) is 22.3 Å². The van der Waals surface area contributed by atoms with Gasteiger partial charge in [0.05, 0.1) is 0 Å². The molecule has 0 rings (SSSR count). The van der Waals surface area contributed by atoms with E-state index in [-0.39, 0.29) is 0 Å². The van der Waals surface area contributed by atoms with Crippen LogP contribution in [0.4, 0.5) is 0 Å². The van der Waals surface area contributed by atoms with Gasteiger partial charge in [-0.25, -0.2) is 0 Å². The molecule has 0 bridgehead atoms. The zero-order valence-electron chi connectivity index (χ0n) is 2.09. The van der Waals surface area contributed by atoms with Gasteiger partial charge in [0.15, 0.2) is 0 Å². The first-order valence-corrected chi connectivity index (χ1v) is 19.1. The van der Waals surface area contributed by atoms with Crippen LogP contribution in [0.2, 0.25) is 0 Å². The molecule has 0 N–H and O–H groups in total. The molecule has 0 spiro atoms. The Morgan fingerprint density at radius 1 is 0.800 bits per heavy atom. The molecule has 5 heavy (non-hydrogen) atoms. The first-order chi connectivity index (χ1) is 2.00. The van der Waals surface area contributed by atoms with E-state index in [4.69, 9.17) is 27.2 Å². The summed E-state index contributed by atoms with van der Waals surface area (Å²) < 4.78 is 0. The molecule has 0 amide bonds. The Morgan fingerprint density at radius 3 is 0.800 bits per heavy atom. The maximum absolute atomic E-state index is 5.06. The van der Waals surface area contributed by atoms with Gasteiger partial charge >= 0.3 is 49.5 Å². The minimum atomic E-state index is -3.44. The Kier molecular flexibility index (Phi) is 3.84. The van der Waals surface area contributed by atoms with E-state index < -0.39 is 22.3 Å². The van der Waals surface area contributed by atoms with Gasteiger partial charge in [0.25, 0.3) is 0 Å². The van der Waals surface area contributed by atoms with Gasteiger partial charge < -0.3 is 0 Å². The Morgan fingerprint density at radius 2 is 0.800 bits per heavy atom. The number of hydrogen-bond acceptors (Lipinski definition) is 0. The van der Waals surface area contributed by atoms with Gasteiger partial charge in [0, 0.05) is 0 Å². The van der Waals surface area contributed by atoms with Gasteiger partial charge in [0.2, 0.25) is 0 Å². The summed E-state index contributed by atoms with van der Waals surface area (Å²) in [6, 6.07) is 0. The second-order valence-electron chi connectivity index (χ2n) is 0.495. The van der Waals surface area contributed by atoms with Crippen LogP contribution in [0.5, 0.6) is 0 Å². The Bertz CT molecular complexity index is 19.1. The van der Waals surface area contributed by atoms with E-state index in [1.165, 1.54) is 0 Å². The predicted molar refractivity (Wildman–Crippen MR) is 23.4 cm³/mol. The van der Waals surface area contributed by atoms with Crippen LogP contribution in [0.15, 0.2) is 0 Å². The first-order valence-electron chi connectivity index (χ1n) is 0.873. The van der Waals surface area contributed by atoms with Gasteiger partial charge in [-0.15, -0.1) is 0 Å². The van der Waals surface area contributed by atoms with Gasteiger partial charge in [-0.2, -0.15) is 0 Å². The summed E-state index contributed by atoms with van der Waals surface area (Å²) in [4.78, 5) is 0. The molecule has 31 valence electrons. The van der Waals surface area contributed by atoms with Crippen molar-refractivity contribution < 1.29 is 22.3 Å². The average molecular weight is 281 g/mol. The molecule has 0 aliphatic heterocycles. The number of rotatable bonds is 0. The summed E-state index contributed by atoms with van der Waals surface area (Å²) in [5.41, 5.74) is 0. The summed E-state index contributed by atoms with van der Waals surface area (Å²) in [6.45, 7) is 20.2. The summed E-state index contributed by atoms with van der Waals surface area (Å²) >= 11 is -3.44. The van der Waals surface area contributed by atoms with Crippen molar-refractivity contribution in [2.75, 3.05) is 0 Å². The molecular formula is Cl4La. The summed E-state index contributed by atoms with van der Waals surface area (Å²) in [5, 5.41) is 0. The molecule has 0 heterocycles. The first kappa shape index (κ1) is 7.35. The van der Waals surface area contributed by atoms with E-state index in [2.05, 4.69) is 0 Å².